The van der Waals surface area contributed by atoms with Crippen LogP contribution in [-0.4, -0.2) is 30.0 Å². The van der Waals surface area contributed by atoms with E-state index in [0.29, 0.717) is 23.6 Å². The molecule has 0 spiro atoms. The highest BCUT2D eigenvalue weighted by Crippen LogP contribution is 2.23. The summed E-state index contributed by atoms with van der Waals surface area (Å²) < 4.78 is 19.5. The zero-order valence-corrected chi connectivity index (χ0v) is 17.0. The highest BCUT2D eigenvalue weighted by atomic mass is 19.1. The summed E-state index contributed by atoms with van der Waals surface area (Å²) in [5.74, 6) is -0.319. The zero-order chi connectivity index (χ0) is 21.9. The van der Waals surface area contributed by atoms with Gasteiger partial charge in [-0.25, -0.2) is 9.07 Å². The molecule has 5 aromatic rings. The molecule has 3 aromatic heterocycles. The smallest absolute Gasteiger partial charge is 0.261 e. The first-order chi connectivity index (χ1) is 15.7. The van der Waals surface area contributed by atoms with Crippen molar-refractivity contribution in [1.29, 1.82) is 0 Å². The van der Waals surface area contributed by atoms with Gasteiger partial charge in [-0.2, -0.15) is 10.2 Å². The molecule has 0 aliphatic heterocycles. The molecule has 8 heteroatoms. The van der Waals surface area contributed by atoms with Crippen molar-refractivity contribution in [3.63, 3.8) is 0 Å². The van der Waals surface area contributed by atoms with E-state index in [-0.39, 0.29) is 11.6 Å². The second-order valence-corrected chi connectivity index (χ2v) is 7.19. The number of carbonyl (C=O) groups excluding carboxylic acids is 1. The molecule has 5 rings (SSSR count). The molecule has 0 saturated heterocycles. The molecule has 0 bridgehead atoms. The van der Waals surface area contributed by atoms with E-state index in [9.17, 15) is 9.18 Å². The Labute approximate surface area is 183 Å². The average molecular weight is 426 g/mol. The summed E-state index contributed by atoms with van der Waals surface area (Å²) in [5, 5.41) is 11.5. The van der Waals surface area contributed by atoms with Crippen LogP contribution in [0.1, 0.15) is 15.9 Å². The van der Waals surface area contributed by atoms with Gasteiger partial charge in [0.25, 0.3) is 5.91 Å². The van der Waals surface area contributed by atoms with E-state index in [1.807, 2.05) is 53.3 Å². The van der Waals surface area contributed by atoms with Crippen LogP contribution in [0.5, 0.6) is 0 Å². The Balaban J connectivity index is 1.48. The van der Waals surface area contributed by atoms with Crippen LogP contribution in [0.15, 0.2) is 97.7 Å². The van der Waals surface area contributed by atoms with Crippen LogP contribution in [0.4, 0.5) is 10.1 Å². The fourth-order valence-electron chi connectivity index (χ4n) is 3.55. The van der Waals surface area contributed by atoms with Crippen molar-refractivity contribution in [2.45, 2.75) is 6.54 Å². The van der Waals surface area contributed by atoms with Crippen LogP contribution in [0, 0.1) is 5.82 Å². The number of rotatable bonds is 6. The number of halogens is 1. The van der Waals surface area contributed by atoms with Crippen molar-refractivity contribution < 1.29 is 9.18 Å². The summed E-state index contributed by atoms with van der Waals surface area (Å²) >= 11 is 0. The third-order valence-corrected chi connectivity index (χ3v) is 5.01. The number of nitrogens with one attached hydrogen (secondary N) is 1. The summed E-state index contributed by atoms with van der Waals surface area (Å²) in [6, 6.07) is 19.4. The molecule has 1 N–H and O–H groups in total. The molecule has 0 saturated carbocycles. The van der Waals surface area contributed by atoms with Crippen LogP contribution in [-0.2, 0) is 6.54 Å². The Bertz CT molecular complexity index is 1360. The lowest BCUT2D eigenvalue weighted by Crippen LogP contribution is -2.16. The SMILES string of the molecule is O=C(Nc1cccc(Cn2cccn2)c1)c1cnn(-c2ccccc2F)c1-n1cccc1. The lowest BCUT2D eigenvalue weighted by atomic mass is 10.2. The first kappa shape index (κ1) is 19.5. The summed E-state index contributed by atoms with van der Waals surface area (Å²) in [6.07, 6.45) is 8.63. The number of hydrogen-bond acceptors (Lipinski definition) is 3. The molecule has 2 aromatic carbocycles. The number of amides is 1. The molecular weight excluding hydrogens is 407 g/mol. The maximum Gasteiger partial charge on any atom is 0.261 e. The molecule has 32 heavy (non-hydrogen) atoms. The largest absolute Gasteiger partial charge is 0.322 e. The maximum atomic E-state index is 14.5. The minimum Gasteiger partial charge on any atom is -0.322 e. The number of hydrogen-bond donors (Lipinski definition) is 1. The van der Waals surface area contributed by atoms with Crippen molar-refractivity contribution in [3.8, 4) is 11.5 Å². The Morgan fingerprint density at radius 3 is 2.56 bits per heavy atom. The predicted molar refractivity (Wildman–Crippen MR) is 119 cm³/mol. The number of nitrogens with zero attached hydrogens (tertiary/aromatic N) is 5. The molecule has 0 aliphatic carbocycles. The highest BCUT2D eigenvalue weighted by Gasteiger charge is 2.21. The Morgan fingerprint density at radius 2 is 1.78 bits per heavy atom. The van der Waals surface area contributed by atoms with Gasteiger partial charge in [0, 0.05) is 30.5 Å². The van der Waals surface area contributed by atoms with E-state index < -0.39 is 5.82 Å². The summed E-state index contributed by atoms with van der Waals surface area (Å²) in [5.41, 5.74) is 2.23. The number of aromatic nitrogens is 5. The molecule has 0 unspecified atom stereocenters. The van der Waals surface area contributed by atoms with Gasteiger partial charge in [0.1, 0.15) is 17.1 Å². The molecule has 0 fully saturated rings. The van der Waals surface area contributed by atoms with Gasteiger partial charge in [-0.05, 0) is 48.0 Å². The van der Waals surface area contributed by atoms with Gasteiger partial charge < -0.3 is 9.88 Å². The normalized spacial score (nSPS) is 10.9. The van der Waals surface area contributed by atoms with Gasteiger partial charge in [0.15, 0.2) is 5.82 Å². The van der Waals surface area contributed by atoms with Gasteiger partial charge in [0.2, 0.25) is 0 Å². The minimum absolute atomic E-state index is 0.261. The molecular formula is C24H19FN6O. The average Bonchev–Trinajstić information content (AvgIpc) is 3.56. The number of carbonyl (C=O) groups is 1. The van der Waals surface area contributed by atoms with Crippen LogP contribution >= 0.6 is 0 Å². The molecule has 1 amide bonds. The quantitative estimate of drug-likeness (QED) is 0.440. The van der Waals surface area contributed by atoms with Crippen LogP contribution in [0.2, 0.25) is 0 Å². The fourth-order valence-corrected chi connectivity index (χ4v) is 3.55. The van der Waals surface area contributed by atoms with Crippen molar-refractivity contribution >= 4 is 11.6 Å². The third-order valence-electron chi connectivity index (χ3n) is 5.01. The van der Waals surface area contributed by atoms with Crippen molar-refractivity contribution in [2.75, 3.05) is 5.32 Å². The van der Waals surface area contributed by atoms with Crippen LogP contribution in [0.3, 0.4) is 0 Å². The van der Waals surface area contributed by atoms with E-state index >= 15 is 0 Å². The van der Waals surface area contributed by atoms with Gasteiger partial charge in [-0.15, -0.1) is 0 Å². The standard InChI is InChI=1S/C24H19FN6O/c25-21-9-1-2-10-22(21)31-24(29-12-3-4-13-29)20(16-27-31)23(32)28-19-8-5-7-18(15-19)17-30-14-6-11-26-30/h1-16H,17H2,(H,28,32). The van der Waals surface area contributed by atoms with Gasteiger partial charge in [-0.3, -0.25) is 9.48 Å². The molecule has 3 heterocycles. The lowest BCUT2D eigenvalue weighted by Gasteiger charge is -2.12. The molecule has 158 valence electrons. The summed E-state index contributed by atoms with van der Waals surface area (Å²) in [6.45, 7) is 0.594. The topological polar surface area (TPSA) is 69.7 Å². The van der Waals surface area contributed by atoms with Crippen LogP contribution in [0.25, 0.3) is 11.5 Å². The number of anilines is 1. The van der Waals surface area contributed by atoms with E-state index in [1.54, 1.807) is 41.4 Å². The van der Waals surface area contributed by atoms with E-state index in [0.717, 1.165) is 5.56 Å². The van der Waals surface area contributed by atoms with Crippen LogP contribution < -0.4 is 5.32 Å². The first-order valence-corrected chi connectivity index (χ1v) is 10.0. The van der Waals surface area contributed by atoms with Gasteiger partial charge in [0.05, 0.1) is 12.7 Å². The Hall–Kier alpha value is -4.46. The summed E-state index contributed by atoms with van der Waals surface area (Å²) in [7, 11) is 0. The van der Waals surface area contributed by atoms with Crippen molar-refractivity contribution in [3.05, 3.63) is 115 Å². The maximum absolute atomic E-state index is 14.5. The van der Waals surface area contributed by atoms with E-state index in [2.05, 4.69) is 15.5 Å². The Morgan fingerprint density at radius 1 is 0.938 bits per heavy atom. The molecule has 7 nitrogen and oxygen atoms in total. The van der Waals surface area contributed by atoms with Crippen molar-refractivity contribution in [1.82, 2.24) is 24.1 Å². The van der Waals surface area contributed by atoms with Crippen molar-refractivity contribution in [2.24, 2.45) is 0 Å². The van der Waals surface area contributed by atoms with E-state index in [4.69, 9.17) is 0 Å². The van der Waals surface area contributed by atoms with Gasteiger partial charge >= 0.3 is 0 Å². The van der Waals surface area contributed by atoms with Gasteiger partial charge in [-0.1, -0.05) is 24.3 Å². The Kier molecular flexibility index (Phi) is 5.09. The van der Waals surface area contributed by atoms with E-state index in [1.165, 1.54) is 16.9 Å². The third kappa shape index (κ3) is 3.81. The molecule has 0 atom stereocenters. The lowest BCUT2D eigenvalue weighted by molar-refractivity contribution is 0.102. The number of para-hydroxylation sites is 1. The summed E-state index contributed by atoms with van der Waals surface area (Å²) in [4.78, 5) is 13.2. The highest BCUT2D eigenvalue weighted by molar-refractivity contribution is 6.06. The minimum atomic E-state index is -0.428. The first-order valence-electron chi connectivity index (χ1n) is 10.0. The monoisotopic (exact) mass is 426 g/mol. The molecule has 0 radical (unpaired) electrons. The number of benzene rings is 2. The second-order valence-electron chi connectivity index (χ2n) is 7.19. The zero-order valence-electron chi connectivity index (χ0n) is 17.0. The second kappa shape index (κ2) is 8.35. The predicted octanol–water partition coefficient (Wildman–Crippen LogP) is 4.30. The molecule has 0 aliphatic rings. The fraction of sp³-hybridized carbons (Fsp3) is 0.0417.